The lowest BCUT2D eigenvalue weighted by molar-refractivity contribution is -0.127. The maximum atomic E-state index is 11.1. The number of carbonyl (C=O) groups is 1. The zero-order valence-electron chi connectivity index (χ0n) is 9.81. The van der Waals surface area contributed by atoms with Gasteiger partial charge in [-0.05, 0) is 43.7 Å². The van der Waals surface area contributed by atoms with Crippen LogP contribution in [0.2, 0.25) is 0 Å². The van der Waals surface area contributed by atoms with E-state index in [1.165, 1.54) is 0 Å². The van der Waals surface area contributed by atoms with Crippen LogP contribution in [0.3, 0.4) is 0 Å². The number of benzene rings is 1. The summed E-state index contributed by atoms with van der Waals surface area (Å²) in [6.45, 7) is 3.42. The molecule has 1 amide bonds. The van der Waals surface area contributed by atoms with E-state index in [1.54, 1.807) is 26.0 Å². The molecule has 1 aromatic carbocycles. The van der Waals surface area contributed by atoms with Crippen LogP contribution in [0, 0.1) is 0 Å². The van der Waals surface area contributed by atoms with E-state index in [2.05, 4.69) is 5.10 Å². The van der Waals surface area contributed by atoms with E-state index in [0.29, 0.717) is 5.75 Å². The normalized spacial score (nSPS) is 13.0. The molecule has 6 nitrogen and oxygen atoms in total. The Morgan fingerprint density at radius 1 is 1.41 bits per heavy atom. The maximum Gasteiger partial charge on any atom is 0.274 e. The lowest BCUT2D eigenvalue weighted by atomic mass is 10.1. The van der Waals surface area contributed by atoms with E-state index in [9.17, 15) is 4.79 Å². The lowest BCUT2D eigenvalue weighted by Gasteiger charge is -2.13. The quantitative estimate of drug-likeness (QED) is 0.299. The van der Waals surface area contributed by atoms with Gasteiger partial charge in [0.1, 0.15) is 5.75 Å². The van der Waals surface area contributed by atoms with E-state index in [0.717, 1.165) is 11.3 Å². The van der Waals surface area contributed by atoms with Crippen LogP contribution in [0.25, 0.3) is 0 Å². The van der Waals surface area contributed by atoms with Crippen molar-refractivity contribution in [2.75, 3.05) is 0 Å². The van der Waals surface area contributed by atoms with Crippen molar-refractivity contribution in [3.05, 3.63) is 29.8 Å². The molecule has 92 valence electrons. The number of nitrogens with one attached hydrogen (secondary N) is 1. The average molecular weight is 236 g/mol. The molecule has 0 aliphatic carbocycles. The van der Waals surface area contributed by atoms with Crippen LogP contribution in [0.1, 0.15) is 19.4 Å². The Morgan fingerprint density at radius 3 is 2.47 bits per heavy atom. The van der Waals surface area contributed by atoms with Crippen LogP contribution in [0.4, 0.5) is 0 Å². The van der Waals surface area contributed by atoms with Crippen molar-refractivity contribution < 1.29 is 9.53 Å². The number of rotatable bonds is 4. The minimum atomic E-state index is -0.643. The Balaban J connectivity index is 2.72. The molecule has 0 aromatic heterocycles. The van der Waals surface area contributed by atoms with Gasteiger partial charge in [0.2, 0.25) is 0 Å². The number of carbonyl (C=O) groups excluding carboxylic acids is 1. The molecule has 1 unspecified atom stereocenters. The summed E-state index contributed by atoms with van der Waals surface area (Å²) in [6, 6.07) is 7.11. The van der Waals surface area contributed by atoms with Crippen LogP contribution in [0.5, 0.6) is 5.75 Å². The van der Waals surface area contributed by atoms with Crippen LogP contribution < -0.4 is 21.8 Å². The van der Waals surface area contributed by atoms with Crippen molar-refractivity contribution in [2.24, 2.45) is 16.8 Å². The Kier molecular flexibility index (Phi) is 4.47. The molecule has 0 radical (unpaired) electrons. The fraction of sp³-hybridized carbons (Fsp3) is 0.273. The first-order valence-corrected chi connectivity index (χ1v) is 5.10. The highest BCUT2D eigenvalue weighted by Gasteiger charge is 2.12. The molecule has 5 N–H and O–H groups in total. The van der Waals surface area contributed by atoms with Crippen molar-refractivity contribution in [1.29, 1.82) is 0 Å². The number of hydrazine groups is 1. The molecule has 0 fully saturated rings. The maximum absolute atomic E-state index is 11.1. The third kappa shape index (κ3) is 3.46. The third-order valence-electron chi connectivity index (χ3n) is 2.29. The van der Waals surface area contributed by atoms with Gasteiger partial charge in [-0.2, -0.15) is 5.10 Å². The fourth-order valence-corrected chi connectivity index (χ4v) is 1.22. The van der Waals surface area contributed by atoms with Crippen LogP contribution in [0.15, 0.2) is 29.4 Å². The molecule has 0 spiro atoms. The van der Waals surface area contributed by atoms with Crippen molar-refractivity contribution in [1.82, 2.24) is 5.43 Å². The smallest absolute Gasteiger partial charge is 0.274 e. The lowest BCUT2D eigenvalue weighted by Crippen LogP contribution is -2.40. The van der Waals surface area contributed by atoms with E-state index in [4.69, 9.17) is 16.4 Å². The number of hydrogen-bond donors (Lipinski definition) is 3. The number of hydrazone groups is 1. The molecule has 0 heterocycles. The molecule has 6 heteroatoms. The van der Waals surface area contributed by atoms with Crippen molar-refractivity contribution in [3.8, 4) is 5.75 Å². The van der Waals surface area contributed by atoms with Gasteiger partial charge in [0.05, 0.1) is 5.71 Å². The SMILES string of the molecule is C/C(=N\N)c1ccc(OC(C)C(=O)NN)cc1. The number of hydrogen-bond acceptors (Lipinski definition) is 5. The van der Waals surface area contributed by atoms with Gasteiger partial charge >= 0.3 is 0 Å². The summed E-state index contributed by atoms with van der Waals surface area (Å²) >= 11 is 0. The predicted molar refractivity (Wildman–Crippen MR) is 65.3 cm³/mol. The van der Waals surface area contributed by atoms with Crippen LogP contribution in [-0.4, -0.2) is 17.7 Å². The molecule has 0 aliphatic heterocycles. The average Bonchev–Trinajstić information content (AvgIpc) is 2.37. The van der Waals surface area contributed by atoms with Gasteiger partial charge in [-0.15, -0.1) is 0 Å². The molecule has 0 aliphatic rings. The molecule has 0 saturated carbocycles. The minimum Gasteiger partial charge on any atom is -0.481 e. The zero-order chi connectivity index (χ0) is 12.8. The molecule has 0 bridgehead atoms. The molecule has 1 atom stereocenters. The van der Waals surface area contributed by atoms with Gasteiger partial charge in [-0.25, -0.2) is 5.84 Å². The number of amides is 1. The van der Waals surface area contributed by atoms with E-state index in [-0.39, 0.29) is 5.91 Å². The van der Waals surface area contributed by atoms with E-state index < -0.39 is 6.10 Å². The second-order valence-corrected chi connectivity index (χ2v) is 3.51. The highest BCUT2D eigenvalue weighted by atomic mass is 16.5. The number of ether oxygens (including phenoxy) is 1. The van der Waals surface area contributed by atoms with Gasteiger partial charge in [0.15, 0.2) is 6.10 Å². The third-order valence-corrected chi connectivity index (χ3v) is 2.29. The predicted octanol–water partition coefficient (Wildman–Crippen LogP) is 0.127. The second-order valence-electron chi connectivity index (χ2n) is 3.51. The Morgan fingerprint density at radius 2 is 2.00 bits per heavy atom. The first-order valence-electron chi connectivity index (χ1n) is 5.10. The highest BCUT2D eigenvalue weighted by molar-refractivity contribution is 5.98. The zero-order valence-corrected chi connectivity index (χ0v) is 9.81. The minimum absolute atomic E-state index is 0.381. The fourth-order valence-electron chi connectivity index (χ4n) is 1.22. The molecule has 1 aromatic rings. The van der Waals surface area contributed by atoms with E-state index >= 15 is 0 Å². The Hall–Kier alpha value is -2.08. The standard InChI is InChI=1S/C11H16N4O2/c1-7(14-12)9-3-5-10(6-4-9)17-8(2)11(16)15-13/h3-6,8H,12-13H2,1-2H3,(H,15,16)/b14-7+. The summed E-state index contributed by atoms with van der Waals surface area (Å²) < 4.78 is 5.37. The Bertz CT molecular complexity index is 414. The second kappa shape index (κ2) is 5.86. The largest absolute Gasteiger partial charge is 0.481 e. The van der Waals surface area contributed by atoms with Crippen molar-refractivity contribution in [3.63, 3.8) is 0 Å². The summed E-state index contributed by atoms with van der Waals surface area (Å²) in [6.07, 6.45) is -0.643. The van der Waals surface area contributed by atoms with Gasteiger partial charge < -0.3 is 10.6 Å². The first-order chi connectivity index (χ1) is 8.08. The van der Waals surface area contributed by atoms with Crippen LogP contribution in [-0.2, 0) is 4.79 Å². The topological polar surface area (TPSA) is 103 Å². The molecular formula is C11H16N4O2. The molecule has 1 rings (SSSR count). The number of nitrogens with zero attached hydrogens (tertiary/aromatic N) is 1. The van der Waals surface area contributed by atoms with Crippen LogP contribution >= 0.6 is 0 Å². The Labute approximate surface area is 99.6 Å². The van der Waals surface area contributed by atoms with Gasteiger partial charge in [-0.1, -0.05) is 0 Å². The first kappa shape index (κ1) is 13.0. The van der Waals surface area contributed by atoms with E-state index in [1.807, 2.05) is 17.6 Å². The monoisotopic (exact) mass is 236 g/mol. The number of nitrogens with two attached hydrogens (primary N) is 2. The summed E-state index contributed by atoms with van der Waals surface area (Å²) in [5, 5.41) is 3.59. The highest BCUT2D eigenvalue weighted by Crippen LogP contribution is 2.14. The molecular weight excluding hydrogens is 220 g/mol. The summed E-state index contributed by atoms with van der Waals surface area (Å²) in [5.41, 5.74) is 3.65. The van der Waals surface area contributed by atoms with Gasteiger partial charge in [-0.3, -0.25) is 10.2 Å². The van der Waals surface area contributed by atoms with Gasteiger partial charge in [0, 0.05) is 0 Å². The van der Waals surface area contributed by atoms with Crippen molar-refractivity contribution >= 4 is 11.6 Å². The molecule has 17 heavy (non-hydrogen) atoms. The summed E-state index contributed by atoms with van der Waals surface area (Å²) in [7, 11) is 0. The molecule has 0 saturated heterocycles. The van der Waals surface area contributed by atoms with Crippen molar-refractivity contribution in [2.45, 2.75) is 20.0 Å². The summed E-state index contributed by atoms with van der Waals surface area (Å²) in [5.74, 6) is 10.4. The van der Waals surface area contributed by atoms with Gasteiger partial charge in [0.25, 0.3) is 5.91 Å². The summed E-state index contributed by atoms with van der Waals surface area (Å²) in [4.78, 5) is 11.1.